The van der Waals surface area contributed by atoms with E-state index in [1.807, 2.05) is 0 Å². The van der Waals surface area contributed by atoms with Crippen LogP contribution in [0, 0.1) is 0 Å². The maximum Gasteiger partial charge on any atom is 0.365 e. The molecule has 24 heteroatoms. The van der Waals surface area contributed by atoms with Crippen LogP contribution in [-0.2, 0) is 48.0 Å². The quantitative estimate of drug-likeness (QED) is 0.0950. The molecule has 0 bridgehead atoms. The minimum atomic E-state index is -2.08. The third-order valence-corrected chi connectivity index (χ3v) is 7.31. The Hall–Kier alpha value is -5.66. The highest BCUT2D eigenvalue weighted by atomic mass is 16.7. The molecule has 4 aliphatic heterocycles. The molecule has 5 rings (SSSR count). The molecule has 0 amide bonds. The molecular formula is C24H32N14O10. The van der Waals surface area contributed by atoms with Crippen molar-refractivity contribution in [1.82, 2.24) is 20.4 Å². The number of hydrogen-bond acceptors (Lipinski definition) is 24. The van der Waals surface area contributed by atoms with Gasteiger partial charge in [-0.15, -0.1) is 0 Å². The Morgan fingerprint density at radius 2 is 1.06 bits per heavy atom. The fraction of sp³-hybridized carbons (Fsp3) is 0.417. The van der Waals surface area contributed by atoms with Crippen LogP contribution in [0.25, 0.3) is 0 Å². The lowest BCUT2D eigenvalue weighted by molar-refractivity contribution is -0.157. The summed E-state index contributed by atoms with van der Waals surface area (Å²) in [5.74, 6) is 12.3. The second-order valence-electron chi connectivity index (χ2n) is 10.8. The van der Waals surface area contributed by atoms with Crippen molar-refractivity contribution in [3.05, 3.63) is 24.3 Å². The number of nitrogens with zero attached hydrogens (tertiary/aromatic N) is 6. The fourth-order valence-electron chi connectivity index (χ4n) is 4.83. The van der Waals surface area contributed by atoms with E-state index in [4.69, 9.17) is 33.1 Å². The van der Waals surface area contributed by atoms with E-state index in [9.17, 15) is 19.2 Å². The number of epoxide rings is 2. The fourth-order valence-corrected chi connectivity index (χ4v) is 4.83. The van der Waals surface area contributed by atoms with Gasteiger partial charge in [0.2, 0.25) is 23.8 Å². The highest BCUT2D eigenvalue weighted by Gasteiger charge is 2.81. The van der Waals surface area contributed by atoms with Gasteiger partial charge in [-0.05, 0) is 12.1 Å². The molecule has 4 atom stereocenters. The third-order valence-electron chi connectivity index (χ3n) is 7.31. The number of carbonyl (C=O) groups excluding carboxylic acids is 4. The molecule has 1 aromatic carbocycles. The van der Waals surface area contributed by atoms with Gasteiger partial charge in [-0.3, -0.25) is 20.2 Å². The summed E-state index contributed by atoms with van der Waals surface area (Å²) in [6.07, 6.45) is -1.43. The summed E-state index contributed by atoms with van der Waals surface area (Å²) >= 11 is 0. The minimum absolute atomic E-state index is 0.0110. The SMILES string of the molecule is CN(C)C1=NC2(N=C(Nc3ccccc3NC3=NC4(N=C(N(C)C)N3)OC4(CC(=O)ON)C(=O)ON)N1)OC2(CC(=O)ON)C(=O)ON. The molecule has 12 N–H and O–H groups in total. The van der Waals surface area contributed by atoms with Crippen molar-refractivity contribution in [2.75, 3.05) is 38.8 Å². The number of hydrogen-bond donors (Lipinski definition) is 8. The number of benzene rings is 1. The van der Waals surface area contributed by atoms with Crippen molar-refractivity contribution in [3.8, 4) is 0 Å². The van der Waals surface area contributed by atoms with E-state index < -0.39 is 59.6 Å². The van der Waals surface area contributed by atoms with Crippen LogP contribution >= 0.6 is 0 Å². The van der Waals surface area contributed by atoms with Gasteiger partial charge in [0.25, 0.3) is 11.2 Å². The number of rotatable bonds is 8. The molecular weight excluding hydrogens is 644 g/mol. The molecule has 258 valence electrons. The number of guanidine groups is 4. The third kappa shape index (κ3) is 5.63. The van der Waals surface area contributed by atoms with Crippen molar-refractivity contribution in [3.63, 3.8) is 0 Å². The summed E-state index contributed by atoms with van der Waals surface area (Å²) in [7, 11) is 6.60. The Balaban J connectivity index is 1.47. The van der Waals surface area contributed by atoms with E-state index >= 15 is 0 Å². The van der Waals surface area contributed by atoms with E-state index in [0.717, 1.165) is 0 Å². The number of ether oxygens (including phenoxy) is 2. The molecule has 4 unspecified atom stereocenters. The highest BCUT2D eigenvalue weighted by molar-refractivity contribution is 6.12. The molecule has 4 aliphatic rings. The van der Waals surface area contributed by atoms with Gasteiger partial charge < -0.3 is 49.3 Å². The summed E-state index contributed by atoms with van der Waals surface area (Å²) in [6, 6.07) is 6.71. The van der Waals surface area contributed by atoms with Gasteiger partial charge in [-0.2, -0.15) is 43.6 Å². The first-order chi connectivity index (χ1) is 22.7. The molecule has 0 saturated carbocycles. The van der Waals surface area contributed by atoms with Crippen LogP contribution in [0.2, 0.25) is 0 Å². The van der Waals surface area contributed by atoms with E-state index in [-0.39, 0.29) is 23.8 Å². The van der Waals surface area contributed by atoms with Crippen LogP contribution in [-0.4, -0.2) is 109 Å². The van der Waals surface area contributed by atoms with Crippen molar-refractivity contribution in [2.24, 2.45) is 43.6 Å². The molecule has 1 aromatic rings. The largest absolute Gasteiger partial charge is 0.373 e. The first kappa shape index (κ1) is 33.7. The van der Waals surface area contributed by atoms with Crippen LogP contribution in [0.4, 0.5) is 11.4 Å². The van der Waals surface area contributed by atoms with E-state index in [1.165, 1.54) is 0 Å². The van der Waals surface area contributed by atoms with Crippen LogP contribution < -0.4 is 44.9 Å². The maximum atomic E-state index is 12.7. The topological polar surface area (TPSA) is 338 Å². The van der Waals surface area contributed by atoms with Gasteiger partial charge in [0, 0.05) is 28.2 Å². The van der Waals surface area contributed by atoms with Crippen LogP contribution in [0.5, 0.6) is 0 Å². The maximum absolute atomic E-state index is 12.7. The predicted molar refractivity (Wildman–Crippen MR) is 161 cm³/mol. The average molecular weight is 677 g/mol. The van der Waals surface area contributed by atoms with Crippen molar-refractivity contribution in [2.45, 2.75) is 35.7 Å². The molecule has 2 saturated heterocycles. The Labute approximate surface area is 270 Å². The Morgan fingerprint density at radius 1 is 0.688 bits per heavy atom. The second kappa shape index (κ2) is 12.2. The summed E-state index contributed by atoms with van der Waals surface area (Å²) in [5, 5.41) is 12.1. The summed E-state index contributed by atoms with van der Waals surface area (Å²) in [6.45, 7) is 0. The predicted octanol–water partition coefficient (Wildman–Crippen LogP) is -4.44. The van der Waals surface area contributed by atoms with Crippen LogP contribution in [0.15, 0.2) is 44.2 Å². The van der Waals surface area contributed by atoms with E-state index in [2.05, 4.69) is 60.6 Å². The molecule has 0 radical (unpaired) electrons. The van der Waals surface area contributed by atoms with Crippen LogP contribution in [0.1, 0.15) is 12.8 Å². The van der Waals surface area contributed by atoms with Gasteiger partial charge >= 0.3 is 35.6 Å². The van der Waals surface area contributed by atoms with Crippen molar-refractivity contribution in [1.29, 1.82) is 0 Å². The normalized spacial score (nSPS) is 27.8. The first-order valence-corrected chi connectivity index (χ1v) is 13.7. The Morgan fingerprint density at radius 3 is 1.38 bits per heavy atom. The number of aliphatic imine (C=N–C) groups is 4. The standard InChI is InChI=1S/C24H32N14O10/c1-37(2)19-31-17(33-23(35-19)21(47-23,15(41)45-27)9-13(39)43-25)29-11-7-5-6-8-12(11)30-18-32-20(38(3)4)36-24(34-18)22(48-24,16(42)46-28)10-14(40)44-26/h5-8H,9-10,25-28H2,1-4H3,(H2,29,31,33,35)(H2,30,32,34,36). The summed E-state index contributed by atoms with van der Waals surface area (Å²) in [4.78, 5) is 87.5. The van der Waals surface area contributed by atoms with Crippen LogP contribution in [0.3, 0.4) is 0 Å². The number of para-hydroxylation sites is 2. The average Bonchev–Trinajstić information content (AvgIpc) is 3.89. The number of anilines is 2. The molecule has 4 heterocycles. The van der Waals surface area contributed by atoms with Crippen molar-refractivity contribution >= 4 is 59.1 Å². The smallest absolute Gasteiger partial charge is 0.365 e. The summed E-state index contributed by atoms with van der Waals surface area (Å²) < 4.78 is 11.3. The molecule has 0 aromatic heterocycles. The number of carbonyl (C=O) groups is 4. The highest BCUT2D eigenvalue weighted by Crippen LogP contribution is 2.55. The monoisotopic (exact) mass is 676 g/mol. The second-order valence-corrected chi connectivity index (χ2v) is 10.8. The molecule has 0 aliphatic carbocycles. The lowest BCUT2D eigenvalue weighted by atomic mass is 10.0. The zero-order valence-electron chi connectivity index (χ0n) is 25.8. The number of nitrogens with one attached hydrogen (secondary N) is 4. The van der Waals surface area contributed by atoms with Gasteiger partial charge in [0.05, 0.1) is 24.2 Å². The zero-order valence-corrected chi connectivity index (χ0v) is 25.8. The Bertz CT molecular complexity index is 1550. The molecule has 2 fully saturated rings. The lowest BCUT2D eigenvalue weighted by Crippen LogP contribution is -2.51. The minimum Gasteiger partial charge on any atom is -0.373 e. The Kier molecular flexibility index (Phi) is 8.55. The van der Waals surface area contributed by atoms with E-state index in [1.54, 1.807) is 62.3 Å². The van der Waals surface area contributed by atoms with E-state index in [0.29, 0.717) is 11.4 Å². The molecule has 2 spiro atoms. The lowest BCUT2D eigenvalue weighted by Gasteiger charge is -2.27. The van der Waals surface area contributed by atoms with Crippen molar-refractivity contribution < 1.29 is 48.0 Å². The van der Waals surface area contributed by atoms with Gasteiger partial charge in [-0.1, -0.05) is 12.1 Å². The van der Waals surface area contributed by atoms with Gasteiger partial charge in [0.15, 0.2) is 0 Å². The number of nitrogens with two attached hydrogens (primary N) is 4. The summed E-state index contributed by atoms with van der Waals surface area (Å²) in [5.41, 5.74) is -3.42. The zero-order chi connectivity index (χ0) is 35.1. The van der Waals surface area contributed by atoms with Gasteiger partial charge in [-0.25, -0.2) is 9.59 Å². The molecule has 48 heavy (non-hydrogen) atoms. The molecule has 24 nitrogen and oxygen atoms in total. The van der Waals surface area contributed by atoms with Gasteiger partial charge in [0.1, 0.15) is 0 Å². The first-order valence-electron chi connectivity index (χ1n) is 13.7.